The number of carboxylic acids is 1. The topological polar surface area (TPSA) is 87.7 Å². The predicted molar refractivity (Wildman–Crippen MR) is 113 cm³/mol. The summed E-state index contributed by atoms with van der Waals surface area (Å²) < 4.78 is 5.20. The Morgan fingerprint density at radius 2 is 1.79 bits per heavy atom. The third-order valence-corrected chi connectivity index (χ3v) is 4.57. The van der Waals surface area contributed by atoms with Crippen molar-refractivity contribution in [1.29, 1.82) is 0 Å². The van der Waals surface area contributed by atoms with Gasteiger partial charge in [-0.25, -0.2) is 4.79 Å². The largest absolute Gasteiger partial charge is 0.495 e. The number of ether oxygens (including phenoxy) is 1. The minimum atomic E-state index is -1.09. The highest BCUT2D eigenvalue weighted by molar-refractivity contribution is 7.80. The Hall–Kier alpha value is -3.16. The number of amides is 1. The van der Waals surface area contributed by atoms with Gasteiger partial charge in [0.25, 0.3) is 5.91 Å². The average molecular weight is 415 g/mol. The van der Waals surface area contributed by atoms with E-state index >= 15 is 0 Å². The summed E-state index contributed by atoms with van der Waals surface area (Å²) in [5, 5.41) is 16.5. The molecular weight excluding hydrogens is 400 g/mol. The molecular formula is C20H15ClN2O4S. The molecule has 0 spiro atoms. The Morgan fingerprint density at radius 3 is 2.50 bits per heavy atom. The van der Waals surface area contributed by atoms with Crippen molar-refractivity contribution in [2.24, 2.45) is 0 Å². The molecule has 0 bridgehead atoms. The van der Waals surface area contributed by atoms with Crippen molar-refractivity contribution in [3.63, 3.8) is 0 Å². The van der Waals surface area contributed by atoms with Crippen LogP contribution in [0.25, 0.3) is 10.8 Å². The van der Waals surface area contributed by atoms with Gasteiger partial charge in [0.1, 0.15) is 5.75 Å². The second-order valence-electron chi connectivity index (χ2n) is 5.77. The fourth-order valence-corrected chi connectivity index (χ4v) is 3.17. The maximum atomic E-state index is 12.7. The van der Waals surface area contributed by atoms with E-state index in [9.17, 15) is 9.59 Å². The molecule has 6 nitrogen and oxygen atoms in total. The highest BCUT2D eigenvalue weighted by Crippen LogP contribution is 2.27. The predicted octanol–water partition coefficient (Wildman–Crippen LogP) is 4.33. The maximum Gasteiger partial charge on any atom is 0.335 e. The molecule has 0 heterocycles. The fraction of sp³-hybridized carbons (Fsp3) is 0.0500. The van der Waals surface area contributed by atoms with Crippen molar-refractivity contribution in [3.8, 4) is 5.75 Å². The molecule has 0 saturated heterocycles. The van der Waals surface area contributed by atoms with Crippen LogP contribution < -0.4 is 15.4 Å². The lowest BCUT2D eigenvalue weighted by molar-refractivity contribution is 0.0696. The first-order valence-corrected chi connectivity index (χ1v) is 8.90. The zero-order chi connectivity index (χ0) is 20.3. The minimum absolute atomic E-state index is 0.00451. The fourth-order valence-electron chi connectivity index (χ4n) is 2.73. The summed E-state index contributed by atoms with van der Waals surface area (Å²) >= 11 is 11.4. The SMILES string of the molecule is COc1ccc(C(=O)O)cc1NC(=S)NC(=O)c1cccc2c(Cl)cccc12. The normalized spacial score (nSPS) is 10.4. The second kappa shape index (κ2) is 8.24. The number of carbonyl (C=O) groups is 2. The van der Waals surface area contributed by atoms with Crippen LogP contribution in [0, 0.1) is 0 Å². The molecule has 0 fully saturated rings. The standard InChI is InChI=1S/C20H15ClN2O4S/c1-27-17-9-8-11(19(25)26)10-16(17)22-20(28)23-18(24)14-6-2-5-13-12(14)4-3-7-15(13)21/h2-10H,1H3,(H,25,26)(H2,22,23,24,28). The number of rotatable bonds is 4. The molecule has 142 valence electrons. The van der Waals surface area contributed by atoms with Crippen LogP contribution in [-0.4, -0.2) is 29.2 Å². The lowest BCUT2D eigenvalue weighted by Crippen LogP contribution is -2.34. The summed E-state index contributed by atoms with van der Waals surface area (Å²) in [5.74, 6) is -1.12. The smallest absolute Gasteiger partial charge is 0.335 e. The summed E-state index contributed by atoms with van der Waals surface area (Å²) in [5.41, 5.74) is 0.796. The Kier molecular flexibility index (Phi) is 5.77. The van der Waals surface area contributed by atoms with Crippen LogP contribution in [-0.2, 0) is 0 Å². The monoisotopic (exact) mass is 414 g/mol. The number of fused-ring (bicyclic) bond motifs is 1. The number of methoxy groups -OCH3 is 1. The molecule has 3 aromatic carbocycles. The summed E-state index contributed by atoms with van der Waals surface area (Å²) in [6.07, 6.45) is 0. The van der Waals surface area contributed by atoms with E-state index in [1.165, 1.54) is 25.3 Å². The molecule has 0 unspecified atom stereocenters. The van der Waals surface area contributed by atoms with Gasteiger partial charge in [0.15, 0.2) is 5.11 Å². The molecule has 0 atom stereocenters. The van der Waals surface area contributed by atoms with Crippen LogP contribution in [0.2, 0.25) is 5.02 Å². The van der Waals surface area contributed by atoms with Crippen molar-refractivity contribution in [2.75, 3.05) is 12.4 Å². The van der Waals surface area contributed by atoms with Gasteiger partial charge in [-0.15, -0.1) is 0 Å². The van der Waals surface area contributed by atoms with E-state index in [0.29, 0.717) is 27.4 Å². The van der Waals surface area contributed by atoms with Crippen LogP contribution in [0.15, 0.2) is 54.6 Å². The Morgan fingerprint density at radius 1 is 1.07 bits per heavy atom. The van der Waals surface area contributed by atoms with E-state index in [1.807, 2.05) is 6.07 Å². The zero-order valence-electron chi connectivity index (χ0n) is 14.7. The van der Waals surface area contributed by atoms with Gasteiger partial charge in [-0.1, -0.05) is 35.9 Å². The highest BCUT2D eigenvalue weighted by atomic mass is 35.5. The third-order valence-electron chi connectivity index (χ3n) is 4.04. The molecule has 8 heteroatoms. The Bertz CT molecular complexity index is 1100. The molecule has 1 amide bonds. The van der Waals surface area contributed by atoms with Gasteiger partial charge < -0.3 is 15.2 Å². The number of thiocarbonyl (C=S) groups is 1. The lowest BCUT2D eigenvalue weighted by Gasteiger charge is -2.14. The maximum absolute atomic E-state index is 12.7. The molecule has 3 aromatic rings. The van der Waals surface area contributed by atoms with Crippen LogP contribution in [0.1, 0.15) is 20.7 Å². The number of hydrogen-bond donors (Lipinski definition) is 3. The van der Waals surface area contributed by atoms with Gasteiger partial charge in [-0.05, 0) is 47.9 Å². The van der Waals surface area contributed by atoms with Crippen LogP contribution in [0.3, 0.4) is 0 Å². The first-order valence-electron chi connectivity index (χ1n) is 8.11. The van der Waals surface area contributed by atoms with E-state index < -0.39 is 11.9 Å². The molecule has 0 aliphatic rings. The number of nitrogens with one attached hydrogen (secondary N) is 2. The number of anilines is 1. The molecule has 0 aliphatic heterocycles. The van der Waals surface area contributed by atoms with E-state index in [0.717, 1.165) is 5.39 Å². The molecule has 0 aromatic heterocycles. The Labute approximate surface area is 171 Å². The van der Waals surface area contributed by atoms with E-state index in [1.54, 1.807) is 30.3 Å². The van der Waals surface area contributed by atoms with Gasteiger partial charge in [0, 0.05) is 16.0 Å². The molecule has 3 N–H and O–H groups in total. The van der Waals surface area contributed by atoms with Crippen molar-refractivity contribution in [2.45, 2.75) is 0 Å². The van der Waals surface area contributed by atoms with Crippen molar-refractivity contribution in [1.82, 2.24) is 5.32 Å². The van der Waals surface area contributed by atoms with Gasteiger partial charge in [-0.2, -0.15) is 0 Å². The van der Waals surface area contributed by atoms with E-state index in [-0.39, 0.29) is 10.7 Å². The quantitative estimate of drug-likeness (QED) is 0.551. The zero-order valence-corrected chi connectivity index (χ0v) is 16.2. The van der Waals surface area contributed by atoms with Gasteiger partial charge >= 0.3 is 5.97 Å². The molecule has 3 rings (SSSR count). The van der Waals surface area contributed by atoms with E-state index in [2.05, 4.69) is 10.6 Å². The molecule has 0 saturated carbocycles. The first-order chi connectivity index (χ1) is 13.4. The van der Waals surface area contributed by atoms with Crippen LogP contribution in [0.5, 0.6) is 5.75 Å². The summed E-state index contributed by atoms with van der Waals surface area (Å²) in [6.45, 7) is 0. The molecule has 0 aliphatic carbocycles. The van der Waals surface area contributed by atoms with Crippen molar-refractivity contribution < 1.29 is 19.4 Å². The first kappa shape index (κ1) is 19.6. The number of hydrogen-bond acceptors (Lipinski definition) is 4. The third kappa shape index (κ3) is 4.05. The van der Waals surface area contributed by atoms with Crippen molar-refractivity contribution >= 4 is 57.3 Å². The summed E-state index contributed by atoms with van der Waals surface area (Å²) in [7, 11) is 1.45. The number of carboxylic acid groups (broad SMARTS) is 1. The number of halogens is 1. The highest BCUT2D eigenvalue weighted by Gasteiger charge is 2.15. The van der Waals surface area contributed by atoms with Gasteiger partial charge in [0.2, 0.25) is 0 Å². The summed E-state index contributed by atoms with van der Waals surface area (Å²) in [4.78, 5) is 23.9. The molecule has 28 heavy (non-hydrogen) atoms. The number of carbonyl (C=O) groups excluding carboxylic acids is 1. The van der Waals surface area contributed by atoms with E-state index in [4.69, 9.17) is 33.7 Å². The summed E-state index contributed by atoms with van der Waals surface area (Å²) in [6, 6.07) is 14.8. The van der Waals surface area contributed by atoms with Gasteiger partial charge in [-0.3, -0.25) is 10.1 Å². The van der Waals surface area contributed by atoms with Crippen molar-refractivity contribution in [3.05, 3.63) is 70.7 Å². The Balaban J connectivity index is 1.83. The number of aromatic carboxylic acids is 1. The number of benzene rings is 3. The van der Waals surface area contributed by atoms with Crippen LogP contribution >= 0.6 is 23.8 Å². The second-order valence-corrected chi connectivity index (χ2v) is 6.58. The average Bonchev–Trinajstić information content (AvgIpc) is 2.67. The minimum Gasteiger partial charge on any atom is -0.495 e. The molecule has 0 radical (unpaired) electrons. The van der Waals surface area contributed by atoms with Gasteiger partial charge in [0.05, 0.1) is 18.4 Å². The van der Waals surface area contributed by atoms with Crippen LogP contribution in [0.4, 0.5) is 5.69 Å². The lowest BCUT2D eigenvalue weighted by atomic mass is 10.0.